The Balaban J connectivity index is 2.13. The van der Waals surface area contributed by atoms with E-state index in [9.17, 15) is 4.79 Å². The Hall–Kier alpha value is -1.81. The minimum Gasteiger partial charge on any atom is -0.463 e. The minimum absolute atomic E-state index is 0.147. The van der Waals surface area contributed by atoms with Crippen LogP contribution in [0.5, 0.6) is 0 Å². The van der Waals surface area contributed by atoms with Gasteiger partial charge in [0.05, 0.1) is 25.4 Å². The third-order valence-electron chi connectivity index (χ3n) is 3.32. The van der Waals surface area contributed by atoms with Crippen molar-refractivity contribution in [2.75, 3.05) is 19.8 Å². The number of hydrogen-bond acceptors (Lipinski definition) is 4. The molecule has 108 valence electrons. The van der Waals surface area contributed by atoms with Gasteiger partial charge in [-0.3, -0.25) is 0 Å². The predicted molar refractivity (Wildman–Crippen MR) is 77.1 cm³/mol. The van der Waals surface area contributed by atoms with Crippen LogP contribution in [0.25, 0.3) is 0 Å². The summed E-state index contributed by atoms with van der Waals surface area (Å²) in [7, 11) is 0. The van der Waals surface area contributed by atoms with E-state index in [1.165, 1.54) is 5.56 Å². The van der Waals surface area contributed by atoms with Crippen LogP contribution >= 0.6 is 0 Å². The number of benzene rings is 1. The summed E-state index contributed by atoms with van der Waals surface area (Å²) >= 11 is 0. The lowest BCUT2D eigenvalue weighted by Crippen LogP contribution is -2.28. The molecule has 1 aliphatic heterocycles. The van der Waals surface area contributed by atoms with E-state index in [2.05, 4.69) is 24.4 Å². The molecule has 20 heavy (non-hydrogen) atoms. The van der Waals surface area contributed by atoms with Crippen LogP contribution in [0.15, 0.2) is 41.6 Å². The molecule has 4 nitrogen and oxygen atoms in total. The van der Waals surface area contributed by atoms with Crippen LogP contribution in [-0.2, 0) is 14.3 Å². The van der Waals surface area contributed by atoms with Gasteiger partial charge in [-0.1, -0.05) is 30.3 Å². The van der Waals surface area contributed by atoms with Gasteiger partial charge in [0.15, 0.2) is 0 Å². The SMILES string of the molecule is CCOC(=O)C1=C(N[C@H](C)c2ccccc2)CCOC1. The van der Waals surface area contributed by atoms with Crippen LogP contribution in [0.3, 0.4) is 0 Å². The molecule has 0 saturated heterocycles. The highest BCUT2D eigenvalue weighted by Gasteiger charge is 2.22. The smallest absolute Gasteiger partial charge is 0.338 e. The molecule has 0 aromatic heterocycles. The fourth-order valence-electron chi connectivity index (χ4n) is 2.23. The molecule has 1 heterocycles. The van der Waals surface area contributed by atoms with Crippen molar-refractivity contribution in [3.8, 4) is 0 Å². The Morgan fingerprint density at radius 3 is 2.85 bits per heavy atom. The molecule has 1 aliphatic rings. The van der Waals surface area contributed by atoms with Gasteiger partial charge >= 0.3 is 5.97 Å². The molecule has 0 bridgehead atoms. The van der Waals surface area contributed by atoms with Crippen molar-refractivity contribution < 1.29 is 14.3 Å². The molecular weight excluding hydrogens is 254 g/mol. The Labute approximate surface area is 119 Å². The van der Waals surface area contributed by atoms with E-state index in [4.69, 9.17) is 9.47 Å². The van der Waals surface area contributed by atoms with Crippen molar-refractivity contribution in [3.05, 3.63) is 47.2 Å². The van der Waals surface area contributed by atoms with Gasteiger partial charge in [-0.05, 0) is 19.4 Å². The molecular formula is C16H21NO3. The van der Waals surface area contributed by atoms with E-state index in [-0.39, 0.29) is 12.0 Å². The topological polar surface area (TPSA) is 47.6 Å². The van der Waals surface area contributed by atoms with Crippen LogP contribution in [0.1, 0.15) is 31.9 Å². The summed E-state index contributed by atoms with van der Waals surface area (Å²) in [5, 5.41) is 3.42. The maximum absolute atomic E-state index is 11.9. The molecule has 0 spiro atoms. The first-order valence-electron chi connectivity index (χ1n) is 7.00. The Morgan fingerprint density at radius 1 is 1.40 bits per heavy atom. The molecule has 4 heteroatoms. The molecule has 2 rings (SSSR count). The van der Waals surface area contributed by atoms with E-state index in [1.54, 1.807) is 0 Å². The van der Waals surface area contributed by atoms with Crippen LogP contribution < -0.4 is 5.32 Å². The van der Waals surface area contributed by atoms with E-state index < -0.39 is 0 Å². The number of carbonyl (C=O) groups is 1. The van der Waals surface area contributed by atoms with Crippen molar-refractivity contribution in [2.45, 2.75) is 26.3 Å². The first-order valence-corrected chi connectivity index (χ1v) is 7.00. The number of nitrogens with one attached hydrogen (secondary N) is 1. The van der Waals surface area contributed by atoms with Crippen molar-refractivity contribution in [1.29, 1.82) is 0 Å². The molecule has 1 atom stereocenters. The highest BCUT2D eigenvalue weighted by molar-refractivity contribution is 5.89. The fourth-order valence-corrected chi connectivity index (χ4v) is 2.23. The van der Waals surface area contributed by atoms with Gasteiger partial charge < -0.3 is 14.8 Å². The second-order valence-corrected chi connectivity index (χ2v) is 4.76. The number of rotatable bonds is 5. The maximum atomic E-state index is 11.9. The highest BCUT2D eigenvalue weighted by Crippen LogP contribution is 2.20. The predicted octanol–water partition coefficient (Wildman–Crippen LogP) is 2.57. The molecule has 0 saturated carbocycles. The molecule has 1 aromatic rings. The normalized spacial score (nSPS) is 16.7. The maximum Gasteiger partial charge on any atom is 0.338 e. The van der Waals surface area contributed by atoms with Gasteiger partial charge in [0.2, 0.25) is 0 Å². The zero-order chi connectivity index (χ0) is 14.4. The summed E-state index contributed by atoms with van der Waals surface area (Å²) in [5.74, 6) is -0.282. The summed E-state index contributed by atoms with van der Waals surface area (Å²) in [6.45, 7) is 5.22. The second-order valence-electron chi connectivity index (χ2n) is 4.76. The lowest BCUT2D eigenvalue weighted by Gasteiger charge is -2.24. The first kappa shape index (κ1) is 14.6. The Morgan fingerprint density at radius 2 is 2.15 bits per heavy atom. The van der Waals surface area contributed by atoms with Crippen molar-refractivity contribution >= 4 is 5.97 Å². The van der Waals surface area contributed by atoms with Crippen LogP contribution in [0.2, 0.25) is 0 Å². The van der Waals surface area contributed by atoms with Crippen molar-refractivity contribution in [3.63, 3.8) is 0 Å². The third-order valence-corrected chi connectivity index (χ3v) is 3.32. The number of carbonyl (C=O) groups excluding carboxylic acids is 1. The van der Waals surface area contributed by atoms with Crippen molar-refractivity contribution in [2.24, 2.45) is 0 Å². The zero-order valence-corrected chi connectivity index (χ0v) is 12.0. The molecule has 0 unspecified atom stereocenters. The van der Waals surface area contributed by atoms with Gasteiger partial charge in [-0.15, -0.1) is 0 Å². The van der Waals surface area contributed by atoms with Gasteiger partial charge in [0.1, 0.15) is 0 Å². The van der Waals surface area contributed by atoms with E-state index in [0.717, 1.165) is 5.70 Å². The number of hydrogen-bond donors (Lipinski definition) is 1. The average Bonchev–Trinajstić information content (AvgIpc) is 2.49. The van der Waals surface area contributed by atoms with Gasteiger partial charge in [0, 0.05) is 18.2 Å². The Kier molecular flexibility index (Phi) is 5.18. The van der Waals surface area contributed by atoms with Crippen LogP contribution in [0.4, 0.5) is 0 Å². The van der Waals surface area contributed by atoms with Crippen molar-refractivity contribution in [1.82, 2.24) is 5.32 Å². The van der Waals surface area contributed by atoms with Gasteiger partial charge in [-0.25, -0.2) is 4.79 Å². The van der Waals surface area contributed by atoms with Gasteiger partial charge in [0.25, 0.3) is 0 Å². The van der Waals surface area contributed by atoms with E-state index in [1.807, 2.05) is 25.1 Å². The third kappa shape index (κ3) is 3.61. The van der Waals surface area contributed by atoms with E-state index in [0.29, 0.717) is 31.8 Å². The zero-order valence-electron chi connectivity index (χ0n) is 12.0. The summed E-state index contributed by atoms with van der Waals surface area (Å²) in [6.07, 6.45) is 0.714. The molecule has 1 N–H and O–H groups in total. The lowest BCUT2D eigenvalue weighted by molar-refractivity contribution is -0.139. The quantitative estimate of drug-likeness (QED) is 0.839. The summed E-state index contributed by atoms with van der Waals surface area (Å²) in [4.78, 5) is 11.9. The molecule has 0 amide bonds. The van der Waals surface area contributed by atoms with Gasteiger partial charge in [-0.2, -0.15) is 0 Å². The summed E-state index contributed by atoms with van der Waals surface area (Å²) in [6, 6.07) is 10.3. The monoisotopic (exact) mass is 275 g/mol. The Bertz CT molecular complexity index is 482. The first-order chi connectivity index (χ1) is 9.72. The fraction of sp³-hybridized carbons (Fsp3) is 0.438. The van der Waals surface area contributed by atoms with Crippen LogP contribution in [0, 0.1) is 0 Å². The number of esters is 1. The second kappa shape index (κ2) is 7.10. The summed E-state index contributed by atoms with van der Waals surface area (Å²) in [5.41, 5.74) is 2.74. The number of ether oxygens (including phenoxy) is 2. The molecule has 0 radical (unpaired) electrons. The molecule has 0 fully saturated rings. The standard InChI is InChI=1S/C16H21NO3/c1-3-20-16(18)14-11-19-10-9-15(14)17-12(2)13-7-5-4-6-8-13/h4-8,12,17H,3,9-11H2,1-2H3/t12-/m1/s1. The van der Waals surface area contributed by atoms with Crippen LogP contribution in [-0.4, -0.2) is 25.8 Å². The lowest BCUT2D eigenvalue weighted by atomic mass is 10.1. The largest absolute Gasteiger partial charge is 0.463 e. The summed E-state index contributed by atoms with van der Waals surface area (Å²) < 4.78 is 10.5. The highest BCUT2D eigenvalue weighted by atomic mass is 16.5. The molecule has 0 aliphatic carbocycles. The van der Waals surface area contributed by atoms with E-state index >= 15 is 0 Å². The minimum atomic E-state index is -0.282. The molecule has 1 aromatic carbocycles. The average molecular weight is 275 g/mol.